The predicted octanol–water partition coefficient (Wildman–Crippen LogP) is 1.14. The SMILES string of the molecule is O=S(O)NCCN1CCC(Nc2nccc(Nc3ccc(O)cc3)n2)C1. The van der Waals surface area contributed by atoms with Crippen LogP contribution in [-0.2, 0) is 11.3 Å². The Kier molecular flexibility index (Phi) is 6.34. The Morgan fingerprint density at radius 3 is 2.85 bits per heavy atom. The average Bonchev–Trinajstić information content (AvgIpc) is 3.04. The van der Waals surface area contributed by atoms with Gasteiger partial charge in [-0.2, -0.15) is 4.98 Å². The van der Waals surface area contributed by atoms with Crippen molar-refractivity contribution < 1.29 is 13.9 Å². The van der Waals surface area contributed by atoms with Crippen LogP contribution >= 0.6 is 0 Å². The van der Waals surface area contributed by atoms with Gasteiger partial charge in [0.25, 0.3) is 0 Å². The summed E-state index contributed by atoms with van der Waals surface area (Å²) in [4.78, 5) is 10.9. The lowest BCUT2D eigenvalue weighted by Gasteiger charge is -2.16. The first-order chi connectivity index (χ1) is 12.6. The summed E-state index contributed by atoms with van der Waals surface area (Å²) in [6.45, 7) is 2.94. The van der Waals surface area contributed by atoms with Crippen LogP contribution in [0.2, 0.25) is 0 Å². The number of anilines is 3. The first-order valence-corrected chi connectivity index (χ1v) is 9.41. The van der Waals surface area contributed by atoms with Crippen molar-refractivity contribution in [3.8, 4) is 5.75 Å². The van der Waals surface area contributed by atoms with Crippen LogP contribution in [0.4, 0.5) is 17.5 Å². The molecular formula is C16H22N6O3S. The molecule has 0 bridgehead atoms. The summed E-state index contributed by atoms with van der Waals surface area (Å²) in [5.41, 5.74) is 0.827. The molecule has 5 N–H and O–H groups in total. The molecule has 1 aliphatic rings. The monoisotopic (exact) mass is 378 g/mol. The molecule has 10 heteroatoms. The number of hydrogen-bond acceptors (Lipinski definition) is 7. The third-order valence-electron chi connectivity index (χ3n) is 4.05. The molecule has 1 aromatic carbocycles. The van der Waals surface area contributed by atoms with Gasteiger partial charge < -0.3 is 15.7 Å². The summed E-state index contributed by atoms with van der Waals surface area (Å²) in [7, 11) is 0. The van der Waals surface area contributed by atoms with Gasteiger partial charge in [-0.25, -0.2) is 13.9 Å². The molecule has 0 amide bonds. The van der Waals surface area contributed by atoms with Crippen molar-refractivity contribution >= 4 is 28.7 Å². The predicted molar refractivity (Wildman–Crippen MR) is 101 cm³/mol. The standard InChI is InChI=1S/C16H22N6O3S/c23-14-3-1-12(2-4-14)19-15-5-7-17-16(21-15)20-13-6-9-22(11-13)10-8-18-26(24)25/h1-5,7,13,18,23H,6,8-11H2,(H,24,25)(H2,17,19,20,21). The fourth-order valence-electron chi connectivity index (χ4n) is 2.82. The minimum atomic E-state index is -1.96. The van der Waals surface area contributed by atoms with E-state index in [0.717, 1.165) is 25.2 Å². The molecule has 1 aliphatic heterocycles. The molecule has 0 saturated carbocycles. The number of likely N-dealkylation sites (tertiary alicyclic amines) is 1. The average molecular weight is 378 g/mol. The van der Waals surface area contributed by atoms with Crippen molar-refractivity contribution in [3.63, 3.8) is 0 Å². The number of phenols is 1. The molecule has 1 saturated heterocycles. The Morgan fingerprint density at radius 1 is 1.27 bits per heavy atom. The Bertz CT molecular complexity index is 745. The highest BCUT2D eigenvalue weighted by atomic mass is 32.2. The van der Waals surface area contributed by atoms with Crippen LogP contribution in [0.5, 0.6) is 5.75 Å². The van der Waals surface area contributed by atoms with Crippen molar-refractivity contribution in [2.45, 2.75) is 12.5 Å². The molecule has 2 heterocycles. The Hall–Kier alpha value is -2.27. The van der Waals surface area contributed by atoms with Crippen LogP contribution in [0.1, 0.15) is 6.42 Å². The smallest absolute Gasteiger partial charge is 0.231 e. The van der Waals surface area contributed by atoms with Gasteiger partial charge in [-0.05, 0) is 36.8 Å². The highest BCUT2D eigenvalue weighted by Crippen LogP contribution is 2.19. The van der Waals surface area contributed by atoms with Gasteiger partial charge in [0.1, 0.15) is 11.6 Å². The van der Waals surface area contributed by atoms with E-state index < -0.39 is 11.3 Å². The van der Waals surface area contributed by atoms with Gasteiger partial charge in [0.2, 0.25) is 17.2 Å². The fraction of sp³-hybridized carbons (Fsp3) is 0.375. The summed E-state index contributed by atoms with van der Waals surface area (Å²) in [5, 5.41) is 15.8. The van der Waals surface area contributed by atoms with E-state index in [1.54, 1.807) is 36.5 Å². The lowest BCUT2D eigenvalue weighted by Crippen LogP contribution is -2.33. The molecule has 3 rings (SSSR count). The second-order valence-corrected chi connectivity index (χ2v) is 6.80. The molecular weight excluding hydrogens is 356 g/mol. The van der Waals surface area contributed by atoms with Crippen LogP contribution in [0.15, 0.2) is 36.5 Å². The van der Waals surface area contributed by atoms with E-state index in [4.69, 9.17) is 4.55 Å². The summed E-state index contributed by atoms with van der Waals surface area (Å²) >= 11 is -1.96. The third kappa shape index (κ3) is 5.63. The minimum absolute atomic E-state index is 0.215. The largest absolute Gasteiger partial charge is 0.508 e. The molecule has 1 fully saturated rings. The molecule has 9 nitrogen and oxygen atoms in total. The first kappa shape index (κ1) is 18.5. The van der Waals surface area contributed by atoms with Gasteiger partial charge in [-0.15, -0.1) is 0 Å². The third-order valence-corrected chi connectivity index (χ3v) is 4.51. The van der Waals surface area contributed by atoms with Crippen molar-refractivity contribution in [2.24, 2.45) is 0 Å². The first-order valence-electron chi connectivity index (χ1n) is 8.31. The second-order valence-electron chi connectivity index (χ2n) is 6.01. The molecule has 1 aromatic heterocycles. The number of phenolic OH excluding ortho intramolecular Hbond substituents is 1. The number of rotatable bonds is 8. The molecule has 140 valence electrons. The van der Waals surface area contributed by atoms with E-state index in [0.29, 0.717) is 24.9 Å². The quantitative estimate of drug-likeness (QED) is 0.342. The van der Waals surface area contributed by atoms with E-state index in [2.05, 4.69) is 30.2 Å². The van der Waals surface area contributed by atoms with Gasteiger partial charge in [0.15, 0.2) is 0 Å². The Labute approximate surface area is 154 Å². The maximum atomic E-state index is 10.6. The lowest BCUT2D eigenvalue weighted by atomic mass is 10.3. The Morgan fingerprint density at radius 2 is 2.08 bits per heavy atom. The summed E-state index contributed by atoms with van der Waals surface area (Å²) in [5.74, 6) is 1.43. The molecule has 0 aliphatic carbocycles. The van der Waals surface area contributed by atoms with Crippen molar-refractivity contribution in [1.29, 1.82) is 0 Å². The highest BCUT2D eigenvalue weighted by Gasteiger charge is 2.22. The number of hydrogen-bond donors (Lipinski definition) is 5. The molecule has 2 aromatic rings. The topological polar surface area (TPSA) is 123 Å². The normalized spacial score (nSPS) is 18.6. The molecule has 26 heavy (non-hydrogen) atoms. The fourth-order valence-corrected chi connectivity index (χ4v) is 3.08. The Balaban J connectivity index is 1.51. The number of aromatic nitrogens is 2. The van der Waals surface area contributed by atoms with E-state index >= 15 is 0 Å². The zero-order valence-corrected chi connectivity index (χ0v) is 14.9. The number of nitrogens with one attached hydrogen (secondary N) is 3. The van der Waals surface area contributed by atoms with Crippen LogP contribution in [0.25, 0.3) is 0 Å². The molecule has 0 spiro atoms. The maximum Gasteiger partial charge on any atom is 0.231 e. The molecule has 0 radical (unpaired) electrons. The summed E-state index contributed by atoms with van der Waals surface area (Å²) in [6, 6.07) is 8.77. The second kappa shape index (κ2) is 8.90. The van der Waals surface area contributed by atoms with Gasteiger partial charge >= 0.3 is 0 Å². The van der Waals surface area contributed by atoms with E-state index in [1.165, 1.54) is 0 Å². The summed E-state index contributed by atoms with van der Waals surface area (Å²) < 4.78 is 21.8. The van der Waals surface area contributed by atoms with Gasteiger partial charge in [0.05, 0.1) is 0 Å². The minimum Gasteiger partial charge on any atom is -0.508 e. The maximum absolute atomic E-state index is 10.6. The zero-order valence-electron chi connectivity index (χ0n) is 14.1. The number of aromatic hydroxyl groups is 1. The summed E-state index contributed by atoms with van der Waals surface area (Å²) in [6.07, 6.45) is 2.65. The van der Waals surface area contributed by atoms with Crippen LogP contribution < -0.4 is 15.4 Å². The molecule has 2 atom stereocenters. The van der Waals surface area contributed by atoms with Gasteiger partial charge in [-0.3, -0.25) is 9.45 Å². The van der Waals surface area contributed by atoms with Gasteiger partial charge in [-0.1, -0.05) is 0 Å². The molecule has 2 unspecified atom stereocenters. The van der Waals surface area contributed by atoms with E-state index in [1.807, 2.05) is 0 Å². The van der Waals surface area contributed by atoms with E-state index in [9.17, 15) is 9.32 Å². The van der Waals surface area contributed by atoms with Crippen LogP contribution in [0, 0.1) is 0 Å². The van der Waals surface area contributed by atoms with E-state index in [-0.39, 0.29) is 11.8 Å². The van der Waals surface area contributed by atoms with Crippen molar-refractivity contribution in [1.82, 2.24) is 19.6 Å². The highest BCUT2D eigenvalue weighted by molar-refractivity contribution is 7.77. The van der Waals surface area contributed by atoms with Gasteiger partial charge in [0, 0.05) is 44.1 Å². The van der Waals surface area contributed by atoms with Crippen LogP contribution in [-0.4, -0.2) is 61.0 Å². The number of nitrogens with zero attached hydrogens (tertiary/aromatic N) is 3. The van der Waals surface area contributed by atoms with Crippen LogP contribution in [0.3, 0.4) is 0 Å². The van der Waals surface area contributed by atoms with Crippen molar-refractivity contribution in [2.75, 3.05) is 36.8 Å². The zero-order chi connectivity index (χ0) is 18.4. The van der Waals surface area contributed by atoms with Crippen molar-refractivity contribution in [3.05, 3.63) is 36.5 Å². The lowest BCUT2D eigenvalue weighted by molar-refractivity contribution is 0.340. The number of benzene rings is 1.